The molecule has 0 aliphatic carbocycles. The molecule has 3 N–H and O–H groups in total. The second kappa shape index (κ2) is 7.49. The van der Waals surface area contributed by atoms with Crippen molar-refractivity contribution < 1.29 is 0 Å². The number of rotatable bonds is 7. The number of benzene rings is 1. The van der Waals surface area contributed by atoms with E-state index in [0.717, 1.165) is 18.6 Å². The van der Waals surface area contributed by atoms with Gasteiger partial charge in [0, 0.05) is 16.7 Å². The van der Waals surface area contributed by atoms with E-state index in [-0.39, 0.29) is 0 Å². The molecule has 1 atom stereocenters. The van der Waals surface area contributed by atoms with Crippen molar-refractivity contribution >= 4 is 11.8 Å². The quantitative estimate of drug-likeness (QED) is 0.331. The second-order valence-electron chi connectivity index (χ2n) is 3.86. The summed E-state index contributed by atoms with van der Waals surface area (Å²) in [5.74, 6) is 6.50. The zero-order chi connectivity index (χ0) is 11.8. The van der Waals surface area contributed by atoms with Crippen LogP contribution in [-0.4, -0.2) is 11.8 Å². The highest BCUT2D eigenvalue weighted by Crippen LogP contribution is 2.20. The molecule has 0 saturated carbocycles. The maximum Gasteiger partial charge on any atom is 0.0307 e. The maximum atomic E-state index is 5.51. The molecule has 0 aliphatic rings. The van der Waals surface area contributed by atoms with Crippen molar-refractivity contribution in [2.24, 2.45) is 5.84 Å². The van der Waals surface area contributed by atoms with Crippen molar-refractivity contribution in [1.29, 1.82) is 0 Å². The summed E-state index contributed by atoms with van der Waals surface area (Å²) < 4.78 is 0. The SMILES string of the molecule is C=CCCC(CSc1cccc(C)c1)NN. The van der Waals surface area contributed by atoms with Gasteiger partial charge in [-0.25, -0.2) is 0 Å². The summed E-state index contributed by atoms with van der Waals surface area (Å²) in [6.45, 7) is 5.83. The van der Waals surface area contributed by atoms with Crippen LogP contribution in [0.1, 0.15) is 18.4 Å². The van der Waals surface area contributed by atoms with Gasteiger partial charge in [-0.2, -0.15) is 0 Å². The van der Waals surface area contributed by atoms with Gasteiger partial charge in [-0.05, 0) is 31.9 Å². The van der Waals surface area contributed by atoms with Gasteiger partial charge in [0.05, 0.1) is 0 Å². The number of nitrogens with two attached hydrogens (primary N) is 1. The summed E-state index contributed by atoms with van der Waals surface area (Å²) in [5.41, 5.74) is 4.15. The van der Waals surface area contributed by atoms with Gasteiger partial charge in [0.1, 0.15) is 0 Å². The monoisotopic (exact) mass is 236 g/mol. The van der Waals surface area contributed by atoms with Crippen LogP contribution >= 0.6 is 11.8 Å². The largest absolute Gasteiger partial charge is 0.271 e. The lowest BCUT2D eigenvalue weighted by Gasteiger charge is -2.14. The molecular formula is C13H20N2S. The Bertz CT molecular complexity index is 325. The van der Waals surface area contributed by atoms with E-state index < -0.39 is 0 Å². The summed E-state index contributed by atoms with van der Waals surface area (Å²) in [7, 11) is 0. The maximum absolute atomic E-state index is 5.51. The van der Waals surface area contributed by atoms with Crippen LogP contribution in [-0.2, 0) is 0 Å². The average Bonchev–Trinajstić information content (AvgIpc) is 2.29. The van der Waals surface area contributed by atoms with E-state index >= 15 is 0 Å². The minimum atomic E-state index is 0.350. The van der Waals surface area contributed by atoms with E-state index in [1.165, 1.54) is 10.5 Å². The summed E-state index contributed by atoms with van der Waals surface area (Å²) >= 11 is 1.84. The van der Waals surface area contributed by atoms with Crippen molar-refractivity contribution in [3.63, 3.8) is 0 Å². The van der Waals surface area contributed by atoms with Crippen molar-refractivity contribution in [3.8, 4) is 0 Å². The molecule has 1 aromatic rings. The number of hydrogen-bond donors (Lipinski definition) is 2. The second-order valence-corrected chi connectivity index (χ2v) is 4.95. The highest BCUT2D eigenvalue weighted by molar-refractivity contribution is 7.99. The lowest BCUT2D eigenvalue weighted by atomic mass is 10.2. The molecule has 0 radical (unpaired) electrons. The Labute approximate surface area is 102 Å². The highest BCUT2D eigenvalue weighted by atomic mass is 32.2. The van der Waals surface area contributed by atoms with Crippen molar-refractivity contribution in [1.82, 2.24) is 5.43 Å². The molecule has 1 rings (SSSR count). The Hall–Kier alpha value is -0.770. The van der Waals surface area contributed by atoms with Crippen LogP contribution < -0.4 is 11.3 Å². The summed E-state index contributed by atoms with van der Waals surface area (Å²) in [5, 5.41) is 0. The number of hydrazine groups is 1. The predicted octanol–water partition coefficient (Wildman–Crippen LogP) is 2.89. The molecule has 0 aliphatic heterocycles. The van der Waals surface area contributed by atoms with E-state index in [1.54, 1.807) is 0 Å². The van der Waals surface area contributed by atoms with Gasteiger partial charge in [0.15, 0.2) is 0 Å². The fraction of sp³-hybridized carbons (Fsp3) is 0.385. The topological polar surface area (TPSA) is 38.0 Å². The third-order valence-electron chi connectivity index (χ3n) is 2.40. The lowest BCUT2D eigenvalue weighted by Crippen LogP contribution is -2.36. The molecule has 0 amide bonds. The lowest BCUT2D eigenvalue weighted by molar-refractivity contribution is 0.544. The fourth-order valence-corrected chi connectivity index (χ4v) is 2.54. The Balaban J connectivity index is 2.39. The minimum Gasteiger partial charge on any atom is -0.271 e. The number of allylic oxidation sites excluding steroid dienone is 1. The number of nitrogens with one attached hydrogen (secondary N) is 1. The molecule has 0 bridgehead atoms. The van der Waals surface area contributed by atoms with Crippen LogP contribution in [0.4, 0.5) is 0 Å². The molecule has 1 aromatic carbocycles. The van der Waals surface area contributed by atoms with Crippen LogP contribution in [0.15, 0.2) is 41.8 Å². The van der Waals surface area contributed by atoms with Gasteiger partial charge >= 0.3 is 0 Å². The van der Waals surface area contributed by atoms with Crippen LogP contribution in [0.3, 0.4) is 0 Å². The van der Waals surface area contributed by atoms with Gasteiger partial charge in [0.25, 0.3) is 0 Å². The van der Waals surface area contributed by atoms with Crippen molar-refractivity contribution in [3.05, 3.63) is 42.5 Å². The number of hydrogen-bond acceptors (Lipinski definition) is 3. The zero-order valence-electron chi connectivity index (χ0n) is 9.78. The van der Waals surface area contributed by atoms with Gasteiger partial charge in [-0.1, -0.05) is 23.8 Å². The molecule has 0 fully saturated rings. The highest BCUT2D eigenvalue weighted by Gasteiger charge is 2.05. The van der Waals surface area contributed by atoms with Crippen LogP contribution in [0.25, 0.3) is 0 Å². The van der Waals surface area contributed by atoms with E-state index in [1.807, 2.05) is 17.8 Å². The van der Waals surface area contributed by atoms with Crippen LogP contribution in [0, 0.1) is 6.92 Å². The van der Waals surface area contributed by atoms with E-state index in [0.29, 0.717) is 6.04 Å². The third-order valence-corrected chi connectivity index (χ3v) is 3.55. The van der Waals surface area contributed by atoms with Crippen molar-refractivity contribution in [2.75, 3.05) is 5.75 Å². The predicted molar refractivity (Wildman–Crippen MR) is 72.4 cm³/mol. The number of aryl methyl sites for hydroxylation is 1. The molecule has 2 nitrogen and oxygen atoms in total. The minimum absolute atomic E-state index is 0.350. The molecular weight excluding hydrogens is 216 g/mol. The first-order valence-electron chi connectivity index (χ1n) is 5.52. The summed E-state index contributed by atoms with van der Waals surface area (Å²) in [6.07, 6.45) is 3.98. The first-order valence-corrected chi connectivity index (χ1v) is 6.51. The first-order chi connectivity index (χ1) is 7.76. The fourth-order valence-electron chi connectivity index (χ4n) is 1.44. The number of thioether (sulfide) groups is 1. The van der Waals surface area contributed by atoms with Gasteiger partial charge in [-0.15, -0.1) is 18.3 Å². The van der Waals surface area contributed by atoms with Gasteiger partial charge in [0.2, 0.25) is 0 Å². The van der Waals surface area contributed by atoms with Crippen LogP contribution in [0.5, 0.6) is 0 Å². The smallest absolute Gasteiger partial charge is 0.0307 e. The zero-order valence-corrected chi connectivity index (χ0v) is 10.6. The molecule has 0 saturated heterocycles. The van der Waals surface area contributed by atoms with Crippen molar-refractivity contribution in [2.45, 2.75) is 30.7 Å². The third kappa shape index (κ3) is 4.84. The standard InChI is InChI=1S/C13H20N2S/c1-3-4-7-12(15-14)10-16-13-8-5-6-11(2)9-13/h3,5-6,8-9,12,15H,1,4,7,10,14H2,2H3. The molecule has 1 unspecified atom stereocenters. The Morgan fingerprint density at radius 1 is 1.56 bits per heavy atom. The molecule has 3 heteroatoms. The molecule has 16 heavy (non-hydrogen) atoms. The van der Waals surface area contributed by atoms with E-state index in [9.17, 15) is 0 Å². The van der Waals surface area contributed by atoms with Gasteiger partial charge in [-0.3, -0.25) is 11.3 Å². The Morgan fingerprint density at radius 2 is 2.38 bits per heavy atom. The van der Waals surface area contributed by atoms with Gasteiger partial charge < -0.3 is 0 Å². The first kappa shape index (κ1) is 13.3. The summed E-state index contributed by atoms with van der Waals surface area (Å²) in [6, 6.07) is 8.89. The Morgan fingerprint density at radius 3 is 3.00 bits per heavy atom. The molecule has 0 aromatic heterocycles. The molecule has 0 spiro atoms. The van der Waals surface area contributed by atoms with E-state index in [4.69, 9.17) is 5.84 Å². The summed E-state index contributed by atoms with van der Waals surface area (Å²) in [4.78, 5) is 1.30. The normalized spacial score (nSPS) is 12.4. The molecule has 88 valence electrons. The van der Waals surface area contributed by atoms with Crippen LogP contribution in [0.2, 0.25) is 0 Å². The average molecular weight is 236 g/mol. The molecule has 0 heterocycles. The Kier molecular flexibility index (Phi) is 6.23. The van der Waals surface area contributed by atoms with E-state index in [2.05, 4.69) is 43.2 Å².